The number of para-hydroxylation sites is 1. The van der Waals surface area contributed by atoms with E-state index in [2.05, 4.69) is 20.9 Å². The zero-order chi connectivity index (χ0) is 10.3. The molecule has 0 aliphatic carbocycles. The first-order valence-electron chi connectivity index (χ1n) is 3.83. The summed E-state index contributed by atoms with van der Waals surface area (Å²) >= 11 is 3.16. The van der Waals surface area contributed by atoms with Crippen molar-refractivity contribution in [3.63, 3.8) is 0 Å². The monoisotopic (exact) mass is 255 g/mol. The lowest BCUT2D eigenvalue weighted by molar-refractivity contribution is 0.0690. The summed E-state index contributed by atoms with van der Waals surface area (Å²) in [7, 11) is 0. The van der Waals surface area contributed by atoms with Crippen LogP contribution in [0.3, 0.4) is 0 Å². The van der Waals surface area contributed by atoms with Gasteiger partial charge in [0.1, 0.15) is 11.4 Å². The Kier molecular flexibility index (Phi) is 1.96. The van der Waals surface area contributed by atoms with Crippen LogP contribution in [0.2, 0.25) is 0 Å². The molecular formula is C9H6BrNO3. The highest BCUT2D eigenvalue weighted by molar-refractivity contribution is 9.10. The van der Waals surface area contributed by atoms with Gasteiger partial charge in [0.15, 0.2) is 0 Å². The largest absolute Gasteiger partial charge is 0.506 e. The number of carboxylic acids is 1. The van der Waals surface area contributed by atoms with Gasteiger partial charge in [-0.3, -0.25) is 0 Å². The number of aromatic carboxylic acids is 1. The molecule has 0 aliphatic rings. The van der Waals surface area contributed by atoms with Crippen LogP contribution in [0.25, 0.3) is 10.9 Å². The Hall–Kier alpha value is -1.49. The molecule has 0 unspecified atom stereocenters. The van der Waals surface area contributed by atoms with E-state index in [1.165, 1.54) is 6.07 Å². The van der Waals surface area contributed by atoms with Gasteiger partial charge in [0.2, 0.25) is 0 Å². The quantitative estimate of drug-likeness (QED) is 0.733. The third-order valence-electron chi connectivity index (χ3n) is 1.96. The minimum atomic E-state index is -1.06. The fourth-order valence-electron chi connectivity index (χ4n) is 1.32. The molecule has 5 heteroatoms. The van der Waals surface area contributed by atoms with Gasteiger partial charge in [-0.25, -0.2) is 4.79 Å². The number of aromatic nitrogens is 1. The van der Waals surface area contributed by atoms with Crippen LogP contribution in [-0.4, -0.2) is 21.2 Å². The summed E-state index contributed by atoms with van der Waals surface area (Å²) in [5.74, 6) is -1.02. The molecule has 0 saturated carbocycles. The Balaban J connectivity index is 2.86. The maximum Gasteiger partial charge on any atom is 0.353 e. The van der Waals surface area contributed by atoms with Gasteiger partial charge in [-0.2, -0.15) is 0 Å². The van der Waals surface area contributed by atoms with Crippen molar-refractivity contribution in [1.82, 2.24) is 4.98 Å². The fraction of sp³-hybridized carbons (Fsp3) is 0. The SMILES string of the molecule is O=C(O)c1[nH]c2c(O)cccc2c1Br. The molecule has 4 nitrogen and oxygen atoms in total. The Morgan fingerprint density at radius 3 is 2.71 bits per heavy atom. The van der Waals surface area contributed by atoms with E-state index in [0.717, 1.165) is 0 Å². The van der Waals surface area contributed by atoms with Gasteiger partial charge in [-0.15, -0.1) is 0 Å². The Morgan fingerprint density at radius 1 is 1.43 bits per heavy atom. The topological polar surface area (TPSA) is 73.3 Å². The van der Waals surface area contributed by atoms with Crippen molar-refractivity contribution in [2.75, 3.05) is 0 Å². The van der Waals surface area contributed by atoms with E-state index in [0.29, 0.717) is 15.4 Å². The minimum Gasteiger partial charge on any atom is -0.506 e. The number of carbonyl (C=O) groups is 1. The van der Waals surface area contributed by atoms with Crippen molar-refractivity contribution in [1.29, 1.82) is 0 Å². The van der Waals surface area contributed by atoms with Crippen LogP contribution >= 0.6 is 15.9 Å². The Labute approximate surface area is 87.3 Å². The van der Waals surface area contributed by atoms with E-state index >= 15 is 0 Å². The van der Waals surface area contributed by atoms with Crippen LogP contribution in [-0.2, 0) is 0 Å². The summed E-state index contributed by atoms with van der Waals surface area (Å²) in [5, 5.41) is 18.9. The van der Waals surface area contributed by atoms with Gasteiger partial charge in [-0.05, 0) is 22.0 Å². The number of aromatic amines is 1. The van der Waals surface area contributed by atoms with Gasteiger partial charge in [0.05, 0.1) is 9.99 Å². The van der Waals surface area contributed by atoms with E-state index in [9.17, 15) is 9.90 Å². The molecule has 2 rings (SSSR count). The van der Waals surface area contributed by atoms with Crippen molar-refractivity contribution in [2.45, 2.75) is 0 Å². The summed E-state index contributed by atoms with van der Waals surface area (Å²) < 4.78 is 0.455. The highest BCUT2D eigenvalue weighted by Crippen LogP contribution is 2.32. The molecule has 2 aromatic rings. The lowest BCUT2D eigenvalue weighted by atomic mass is 10.2. The summed E-state index contributed by atoms with van der Waals surface area (Å²) in [6, 6.07) is 4.88. The van der Waals surface area contributed by atoms with Crippen molar-refractivity contribution in [3.05, 3.63) is 28.4 Å². The van der Waals surface area contributed by atoms with Crippen molar-refractivity contribution in [2.24, 2.45) is 0 Å². The average molecular weight is 256 g/mol. The van der Waals surface area contributed by atoms with Crippen LogP contribution in [0.4, 0.5) is 0 Å². The molecule has 72 valence electrons. The smallest absolute Gasteiger partial charge is 0.353 e. The molecule has 3 N–H and O–H groups in total. The number of phenolic OH excluding ortho intramolecular Hbond substituents is 1. The number of H-pyrrole nitrogens is 1. The number of hydrogen-bond donors (Lipinski definition) is 3. The average Bonchev–Trinajstić information content (AvgIpc) is 2.46. The second-order valence-corrected chi connectivity index (χ2v) is 3.61. The number of phenols is 1. The number of nitrogens with one attached hydrogen (secondary N) is 1. The lowest BCUT2D eigenvalue weighted by Crippen LogP contribution is -1.96. The Bertz CT molecular complexity index is 518. The Morgan fingerprint density at radius 2 is 2.14 bits per heavy atom. The number of hydrogen-bond acceptors (Lipinski definition) is 2. The molecule has 1 aromatic heterocycles. The first-order chi connectivity index (χ1) is 6.61. The normalized spacial score (nSPS) is 10.6. The molecule has 14 heavy (non-hydrogen) atoms. The molecule has 0 atom stereocenters. The van der Waals surface area contributed by atoms with E-state index < -0.39 is 5.97 Å². The van der Waals surface area contributed by atoms with Crippen LogP contribution in [0.5, 0.6) is 5.75 Å². The lowest BCUT2D eigenvalue weighted by Gasteiger charge is -1.92. The van der Waals surface area contributed by atoms with Gasteiger partial charge >= 0.3 is 5.97 Å². The summed E-state index contributed by atoms with van der Waals surface area (Å²) in [5.41, 5.74) is 0.471. The first kappa shape index (κ1) is 9.08. The number of rotatable bonds is 1. The fourth-order valence-corrected chi connectivity index (χ4v) is 1.92. The second-order valence-electron chi connectivity index (χ2n) is 2.82. The third-order valence-corrected chi connectivity index (χ3v) is 2.79. The molecule has 0 spiro atoms. The first-order valence-corrected chi connectivity index (χ1v) is 4.63. The minimum absolute atomic E-state index is 0.0377. The maximum absolute atomic E-state index is 10.8. The second kappa shape index (κ2) is 3.02. The molecule has 0 saturated heterocycles. The van der Waals surface area contributed by atoms with E-state index in [-0.39, 0.29) is 11.4 Å². The summed E-state index contributed by atoms with van der Waals surface area (Å²) in [4.78, 5) is 13.4. The highest BCUT2D eigenvalue weighted by Gasteiger charge is 2.16. The van der Waals surface area contributed by atoms with E-state index in [4.69, 9.17) is 5.11 Å². The van der Waals surface area contributed by atoms with Crippen LogP contribution in [0.1, 0.15) is 10.5 Å². The molecule has 0 bridgehead atoms. The van der Waals surface area contributed by atoms with Crippen LogP contribution < -0.4 is 0 Å². The van der Waals surface area contributed by atoms with E-state index in [1.807, 2.05) is 0 Å². The number of aromatic hydroxyl groups is 1. The van der Waals surface area contributed by atoms with Gasteiger partial charge in [0.25, 0.3) is 0 Å². The zero-order valence-electron chi connectivity index (χ0n) is 6.91. The molecule has 0 aliphatic heterocycles. The molecule has 0 radical (unpaired) electrons. The number of benzene rings is 1. The molecule has 0 fully saturated rings. The van der Waals surface area contributed by atoms with Crippen molar-refractivity contribution >= 4 is 32.8 Å². The molecular weight excluding hydrogens is 250 g/mol. The standard InChI is InChI=1S/C9H6BrNO3/c10-6-4-2-1-3-5(12)7(4)11-8(6)9(13)14/h1-3,11-12H,(H,13,14). The molecule has 1 heterocycles. The maximum atomic E-state index is 10.8. The van der Waals surface area contributed by atoms with Gasteiger partial charge < -0.3 is 15.2 Å². The number of carboxylic acid groups (broad SMARTS) is 1. The van der Waals surface area contributed by atoms with Crippen LogP contribution in [0.15, 0.2) is 22.7 Å². The van der Waals surface area contributed by atoms with Gasteiger partial charge in [-0.1, -0.05) is 12.1 Å². The van der Waals surface area contributed by atoms with E-state index in [1.54, 1.807) is 12.1 Å². The summed E-state index contributed by atoms with van der Waals surface area (Å²) in [6.07, 6.45) is 0. The van der Waals surface area contributed by atoms with Crippen LogP contribution in [0, 0.1) is 0 Å². The molecule has 1 aromatic carbocycles. The summed E-state index contributed by atoms with van der Waals surface area (Å²) in [6.45, 7) is 0. The number of halogens is 1. The number of fused-ring (bicyclic) bond motifs is 1. The molecule has 0 amide bonds. The zero-order valence-corrected chi connectivity index (χ0v) is 8.50. The highest BCUT2D eigenvalue weighted by atomic mass is 79.9. The van der Waals surface area contributed by atoms with Gasteiger partial charge in [0, 0.05) is 5.39 Å². The predicted octanol–water partition coefficient (Wildman–Crippen LogP) is 2.33. The predicted molar refractivity (Wildman–Crippen MR) is 54.6 cm³/mol. The van der Waals surface area contributed by atoms with Crippen molar-refractivity contribution in [3.8, 4) is 5.75 Å². The van der Waals surface area contributed by atoms with Crippen molar-refractivity contribution < 1.29 is 15.0 Å². The third kappa shape index (κ3) is 1.17.